The quantitative estimate of drug-likeness (QED) is 0.708. The number of hydrogen-bond donors (Lipinski definition) is 1. The number of benzene rings is 3. The van der Waals surface area contributed by atoms with Crippen molar-refractivity contribution in [2.75, 3.05) is 44.8 Å². The summed E-state index contributed by atoms with van der Waals surface area (Å²) in [4.78, 5) is 17.1. The maximum Gasteiger partial charge on any atom is 0.238 e. The fourth-order valence-electron chi connectivity index (χ4n) is 4.15. The SMILES string of the molecule is O=C(CN1CCN(Cc2cccc3ccccc23)CC1)Nc1ccc2c(c1)OCO2. The molecule has 5 rings (SSSR count). The van der Waals surface area contributed by atoms with Gasteiger partial charge in [-0.15, -0.1) is 0 Å². The Morgan fingerprint density at radius 2 is 1.63 bits per heavy atom. The van der Waals surface area contributed by atoms with E-state index in [1.165, 1.54) is 16.3 Å². The number of carbonyl (C=O) groups excluding carboxylic acids is 1. The summed E-state index contributed by atoms with van der Waals surface area (Å²) in [6, 6.07) is 20.5. The van der Waals surface area contributed by atoms with Gasteiger partial charge in [-0.25, -0.2) is 0 Å². The lowest BCUT2D eigenvalue weighted by molar-refractivity contribution is -0.117. The number of nitrogens with one attached hydrogen (secondary N) is 1. The van der Waals surface area contributed by atoms with Crippen LogP contribution in [0.3, 0.4) is 0 Å². The van der Waals surface area contributed by atoms with Crippen molar-refractivity contribution in [1.82, 2.24) is 9.80 Å². The average Bonchev–Trinajstić information content (AvgIpc) is 3.23. The molecular formula is C24H25N3O3. The molecule has 1 saturated heterocycles. The fourth-order valence-corrected chi connectivity index (χ4v) is 4.15. The topological polar surface area (TPSA) is 54.0 Å². The first kappa shape index (κ1) is 18.9. The van der Waals surface area contributed by atoms with Crippen molar-refractivity contribution >= 4 is 22.4 Å². The molecule has 0 atom stereocenters. The summed E-state index contributed by atoms with van der Waals surface area (Å²) < 4.78 is 10.7. The molecule has 0 spiro atoms. The number of rotatable bonds is 5. The summed E-state index contributed by atoms with van der Waals surface area (Å²) >= 11 is 0. The average molecular weight is 403 g/mol. The molecule has 0 aromatic heterocycles. The third-order valence-corrected chi connectivity index (χ3v) is 5.76. The number of piperazine rings is 1. The lowest BCUT2D eigenvalue weighted by atomic mass is 10.0. The van der Waals surface area contributed by atoms with Crippen molar-refractivity contribution in [2.24, 2.45) is 0 Å². The van der Waals surface area contributed by atoms with E-state index in [9.17, 15) is 4.79 Å². The van der Waals surface area contributed by atoms with Gasteiger partial charge in [-0.1, -0.05) is 42.5 Å². The number of nitrogens with zero attached hydrogens (tertiary/aromatic N) is 2. The lowest BCUT2D eigenvalue weighted by Gasteiger charge is -2.34. The zero-order valence-corrected chi connectivity index (χ0v) is 16.8. The Bertz CT molecular complexity index is 1060. The highest BCUT2D eigenvalue weighted by Gasteiger charge is 2.20. The van der Waals surface area contributed by atoms with E-state index in [1.807, 2.05) is 18.2 Å². The van der Waals surface area contributed by atoms with Gasteiger partial charge in [0.15, 0.2) is 11.5 Å². The zero-order chi connectivity index (χ0) is 20.3. The molecule has 0 unspecified atom stereocenters. The largest absolute Gasteiger partial charge is 0.454 e. The van der Waals surface area contributed by atoms with Gasteiger partial charge in [0.2, 0.25) is 12.7 Å². The summed E-state index contributed by atoms with van der Waals surface area (Å²) in [6.07, 6.45) is 0. The van der Waals surface area contributed by atoms with Crippen LogP contribution in [0.4, 0.5) is 5.69 Å². The predicted molar refractivity (Wildman–Crippen MR) is 117 cm³/mol. The van der Waals surface area contributed by atoms with Crippen molar-refractivity contribution in [3.8, 4) is 11.5 Å². The van der Waals surface area contributed by atoms with E-state index in [1.54, 1.807) is 0 Å². The molecule has 3 aromatic carbocycles. The van der Waals surface area contributed by atoms with Gasteiger partial charge in [0.05, 0.1) is 6.54 Å². The molecule has 0 saturated carbocycles. The molecule has 1 N–H and O–H groups in total. The molecule has 0 radical (unpaired) electrons. The highest BCUT2D eigenvalue weighted by atomic mass is 16.7. The molecule has 154 valence electrons. The molecule has 0 aliphatic carbocycles. The molecule has 6 heteroatoms. The van der Waals surface area contributed by atoms with Crippen LogP contribution in [0.1, 0.15) is 5.56 Å². The molecule has 2 aliphatic rings. The molecule has 3 aromatic rings. The van der Waals surface area contributed by atoms with Crippen LogP contribution in [0.2, 0.25) is 0 Å². The Morgan fingerprint density at radius 1 is 0.867 bits per heavy atom. The van der Waals surface area contributed by atoms with Gasteiger partial charge in [0, 0.05) is 44.5 Å². The van der Waals surface area contributed by atoms with Crippen LogP contribution in [0, 0.1) is 0 Å². The summed E-state index contributed by atoms with van der Waals surface area (Å²) in [5, 5.41) is 5.57. The second kappa shape index (κ2) is 8.34. The van der Waals surface area contributed by atoms with Crippen molar-refractivity contribution in [3.63, 3.8) is 0 Å². The number of carbonyl (C=O) groups is 1. The maximum absolute atomic E-state index is 12.5. The molecule has 1 fully saturated rings. The number of anilines is 1. The minimum Gasteiger partial charge on any atom is -0.454 e. The smallest absolute Gasteiger partial charge is 0.238 e. The van der Waals surface area contributed by atoms with Gasteiger partial charge in [0.25, 0.3) is 0 Å². The molecule has 30 heavy (non-hydrogen) atoms. The van der Waals surface area contributed by atoms with E-state index >= 15 is 0 Å². The van der Waals surface area contributed by atoms with Crippen molar-refractivity contribution < 1.29 is 14.3 Å². The minimum absolute atomic E-state index is 0.00336. The number of ether oxygens (including phenoxy) is 2. The second-order valence-corrected chi connectivity index (χ2v) is 7.81. The first-order valence-corrected chi connectivity index (χ1v) is 10.4. The van der Waals surface area contributed by atoms with E-state index in [0.29, 0.717) is 12.3 Å². The Balaban J connectivity index is 1.13. The van der Waals surface area contributed by atoms with Gasteiger partial charge >= 0.3 is 0 Å². The van der Waals surface area contributed by atoms with Crippen molar-refractivity contribution in [2.45, 2.75) is 6.54 Å². The highest BCUT2D eigenvalue weighted by molar-refractivity contribution is 5.92. The van der Waals surface area contributed by atoms with E-state index < -0.39 is 0 Å². The van der Waals surface area contributed by atoms with Crippen LogP contribution in [0.25, 0.3) is 10.8 Å². The Morgan fingerprint density at radius 3 is 2.53 bits per heavy atom. The first-order valence-electron chi connectivity index (χ1n) is 10.4. The summed E-state index contributed by atoms with van der Waals surface area (Å²) in [7, 11) is 0. The normalized spacial score (nSPS) is 16.7. The number of amides is 1. The molecule has 6 nitrogen and oxygen atoms in total. The van der Waals surface area contributed by atoms with E-state index in [0.717, 1.165) is 44.2 Å². The van der Waals surface area contributed by atoms with Crippen LogP contribution in [0.15, 0.2) is 60.7 Å². The van der Waals surface area contributed by atoms with Crippen LogP contribution in [0.5, 0.6) is 11.5 Å². The minimum atomic E-state index is -0.00336. The van der Waals surface area contributed by atoms with Crippen molar-refractivity contribution in [1.29, 1.82) is 0 Å². The molecular weight excluding hydrogens is 378 g/mol. The molecule has 1 amide bonds. The summed E-state index contributed by atoms with van der Waals surface area (Å²) in [5.41, 5.74) is 2.10. The van der Waals surface area contributed by atoms with Gasteiger partial charge in [-0.2, -0.15) is 0 Å². The summed E-state index contributed by atoms with van der Waals surface area (Å²) in [5.74, 6) is 1.39. The predicted octanol–water partition coefficient (Wildman–Crippen LogP) is 3.32. The highest BCUT2D eigenvalue weighted by Crippen LogP contribution is 2.34. The Kier molecular flexibility index (Phi) is 5.26. The Labute approximate surface area is 176 Å². The first-order chi connectivity index (χ1) is 14.7. The van der Waals surface area contributed by atoms with E-state index in [2.05, 4.69) is 57.6 Å². The summed E-state index contributed by atoms with van der Waals surface area (Å²) in [6.45, 7) is 5.27. The van der Waals surface area contributed by atoms with Crippen LogP contribution < -0.4 is 14.8 Å². The number of fused-ring (bicyclic) bond motifs is 2. The maximum atomic E-state index is 12.5. The van der Waals surface area contributed by atoms with E-state index in [4.69, 9.17) is 9.47 Å². The van der Waals surface area contributed by atoms with E-state index in [-0.39, 0.29) is 12.7 Å². The fraction of sp³-hybridized carbons (Fsp3) is 0.292. The second-order valence-electron chi connectivity index (χ2n) is 7.81. The standard InChI is InChI=1S/C24H25N3O3/c28-24(25-20-8-9-22-23(14-20)30-17-29-22)16-27-12-10-26(11-13-27)15-19-6-3-5-18-4-1-2-7-21(18)19/h1-9,14H,10-13,15-17H2,(H,25,28). The third kappa shape index (κ3) is 4.10. The third-order valence-electron chi connectivity index (χ3n) is 5.76. The monoisotopic (exact) mass is 403 g/mol. The van der Waals surface area contributed by atoms with Gasteiger partial charge in [-0.05, 0) is 28.5 Å². The molecule has 0 bridgehead atoms. The molecule has 2 aliphatic heterocycles. The van der Waals surface area contributed by atoms with Crippen LogP contribution in [-0.4, -0.2) is 55.2 Å². The van der Waals surface area contributed by atoms with Crippen LogP contribution in [-0.2, 0) is 11.3 Å². The van der Waals surface area contributed by atoms with Gasteiger partial charge < -0.3 is 14.8 Å². The molecule has 2 heterocycles. The Hall–Kier alpha value is -3.09. The van der Waals surface area contributed by atoms with Crippen LogP contribution >= 0.6 is 0 Å². The lowest BCUT2D eigenvalue weighted by Crippen LogP contribution is -2.48. The zero-order valence-electron chi connectivity index (χ0n) is 16.8. The van der Waals surface area contributed by atoms with Gasteiger partial charge in [-0.3, -0.25) is 14.6 Å². The van der Waals surface area contributed by atoms with Crippen molar-refractivity contribution in [3.05, 3.63) is 66.2 Å². The number of hydrogen-bond acceptors (Lipinski definition) is 5. The van der Waals surface area contributed by atoms with Gasteiger partial charge in [0.1, 0.15) is 0 Å².